The Labute approximate surface area is 381 Å². The number of ketones is 1. The molecule has 8 rings (SSSR count). The first-order valence-corrected chi connectivity index (χ1v) is 25.1. The van der Waals surface area contributed by atoms with Crippen molar-refractivity contribution in [3.63, 3.8) is 0 Å². The van der Waals surface area contributed by atoms with Gasteiger partial charge in [0.25, 0.3) is 0 Å². The van der Waals surface area contributed by atoms with Gasteiger partial charge in [0, 0.05) is 54.0 Å². The number of carbonyl (C=O) groups is 1. The van der Waals surface area contributed by atoms with Gasteiger partial charge in [-0.3, -0.25) is 4.79 Å². The fraction of sp³-hybridized carbons (Fsp3) is 0.824. The van der Waals surface area contributed by atoms with E-state index in [9.17, 15) is 35.7 Å². The second-order valence-corrected chi connectivity index (χ2v) is 22.6. The first-order valence-electron chi connectivity index (χ1n) is 25.1. The maximum absolute atomic E-state index is 15.6. The number of hydrogen-bond donors (Lipinski definition) is 11. The van der Waals surface area contributed by atoms with Crippen LogP contribution in [-0.2, 0) is 9.53 Å². The minimum Gasteiger partial charge on any atom is -0.396 e. The number of fused-ring (bicyclic) bond motifs is 3. The predicted molar refractivity (Wildman–Crippen MR) is 245 cm³/mol. The minimum atomic E-state index is -1.70. The van der Waals surface area contributed by atoms with Crippen molar-refractivity contribution in [2.24, 2.45) is 63.4 Å². The van der Waals surface area contributed by atoms with Crippen molar-refractivity contribution in [2.75, 3.05) is 26.7 Å². The van der Waals surface area contributed by atoms with Crippen molar-refractivity contribution < 1.29 is 45.3 Å². The lowest BCUT2D eigenvalue weighted by molar-refractivity contribution is -0.214. The first-order chi connectivity index (χ1) is 30.3. The molecule has 0 bridgehead atoms. The molecule has 1 spiro atoms. The van der Waals surface area contributed by atoms with Crippen LogP contribution in [0, 0.1) is 57.7 Å². The lowest BCUT2D eigenvalue weighted by atomic mass is 9.37. The minimum absolute atomic E-state index is 0.00940. The van der Waals surface area contributed by atoms with Crippen LogP contribution in [0.4, 0.5) is 0 Å². The zero-order valence-electron chi connectivity index (χ0n) is 39.4. The summed E-state index contributed by atoms with van der Waals surface area (Å²) < 4.78 is 6.82. The number of nitrogens with two attached hydrogens (primary N) is 1. The Kier molecular flexibility index (Phi) is 13.6. The second-order valence-electron chi connectivity index (χ2n) is 22.6. The fourth-order valence-corrected chi connectivity index (χ4v) is 16.0. The van der Waals surface area contributed by atoms with Crippen LogP contribution in [0.2, 0.25) is 0 Å². The van der Waals surface area contributed by atoms with Crippen molar-refractivity contribution in [1.82, 2.24) is 16.0 Å². The molecule has 1 saturated heterocycles. The molecule has 4 saturated carbocycles. The zero-order chi connectivity index (χ0) is 46.1. The number of Topliss-reactive ketones (excluding diaryl/α,β-unsaturated/α-hetero) is 1. The number of rotatable bonds is 14. The van der Waals surface area contributed by atoms with Crippen LogP contribution >= 0.6 is 0 Å². The van der Waals surface area contributed by atoms with Gasteiger partial charge in [0.05, 0.1) is 53.6 Å². The molecule has 6 aliphatic carbocycles. The highest BCUT2D eigenvalue weighted by molar-refractivity contribution is 6.00. The summed E-state index contributed by atoms with van der Waals surface area (Å²) in [7, 11) is 1.91. The number of allylic oxidation sites excluding steroid dienone is 5. The number of aliphatic hydroxyl groups is 7. The Morgan fingerprint density at radius 3 is 2.55 bits per heavy atom. The van der Waals surface area contributed by atoms with Gasteiger partial charge in [-0.1, -0.05) is 58.3 Å². The highest BCUT2D eigenvalue weighted by atomic mass is 16.5. The maximum atomic E-state index is 15.6. The van der Waals surface area contributed by atoms with E-state index < -0.39 is 81.9 Å². The van der Waals surface area contributed by atoms with Gasteiger partial charge in [0.15, 0.2) is 5.78 Å². The summed E-state index contributed by atoms with van der Waals surface area (Å²) >= 11 is 0. The molecule has 360 valence electrons. The van der Waals surface area contributed by atoms with E-state index in [0.717, 1.165) is 37.0 Å². The lowest BCUT2D eigenvalue weighted by Crippen LogP contribution is -2.70. The van der Waals surface area contributed by atoms with E-state index in [0.29, 0.717) is 56.1 Å². The van der Waals surface area contributed by atoms with Crippen molar-refractivity contribution in [3.8, 4) is 0 Å². The van der Waals surface area contributed by atoms with Gasteiger partial charge in [0.1, 0.15) is 6.10 Å². The molecule has 0 radical (unpaired) electrons. The molecule has 19 unspecified atom stereocenters. The molecule has 2 heterocycles. The van der Waals surface area contributed by atoms with Crippen LogP contribution < -0.4 is 21.7 Å². The molecule has 0 aromatic carbocycles. The summed E-state index contributed by atoms with van der Waals surface area (Å²) in [6, 6.07) is 0. The molecule has 13 nitrogen and oxygen atoms in total. The Hall–Kier alpha value is -2.17. The third-order valence-corrected chi connectivity index (χ3v) is 18.7. The highest BCUT2D eigenvalue weighted by Gasteiger charge is 2.76. The van der Waals surface area contributed by atoms with Crippen molar-refractivity contribution >= 4 is 5.78 Å². The third-order valence-electron chi connectivity index (χ3n) is 18.7. The Balaban J connectivity index is 1.28. The van der Waals surface area contributed by atoms with Crippen LogP contribution in [0.25, 0.3) is 0 Å². The third kappa shape index (κ3) is 7.71. The van der Waals surface area contributed by atoms with Crippen molar-refractivity contribution in [3.05, 3.63) is 46.8 Å². The van der Waals surface area contributed by atoms with E-state index in [2.05, 4.69) is 41.9 Å². The van der Waals surface area contributed by atoms with Gasteiger partial charge in [-0.2, -0.15) is 0 Å². The van der Waals surface area contributed by atoms with Crippen LogP contribution in [0.5, 0.6) is 0 Å². The molecular weight excluding hydrogens is 813 g/mol. The van der Waals surface area contributed by atoms with E-state index >= 15 is 4.79 Å². The van der Waals surface area contributed by atoms with Crippen LogP contribution in [0.15, 0.2) is 46.8 Å². The van der Waals surface area contributed by atoms with Crippen LogP contribution in [-0.4, -0.2) is 122 Å². The van der Waals surface area contributed by atoms with Crippen molar-refractivity contribution in [2.45, 2.75) is 179 Å². The van der Waals surface area contributed by atoms with Gasteiger partial charge in [-0.25, -0.2) is 0 Å². The van der Waals surface area contributed by atoms with E-state index in [1.807, 2.05) is 26.1 Å². The number of aliphatic hydroxyl groups excluding tert-OH is 5. The molecule has 5 fully saturated rings. The van der Waals surface area contributed by atoms with Crippen LogP contribution in [0.3, 0.4) is 0 Å². The number of nitrogens with one attached hydrogen (secondary N) is 3. The Morgan fingerprint density at radius 2 is 1.84 bits per heavy atom. The van der Waals surface area contributed by atoms with Gasteiger partial charge >= 0.3 is 0 Å². The van der Waals surface area contributed by atoms with Gasteiger partial charge in [-0.05, 0) is 138 Å². The number of ether oxygens (including phenoxy) is 1. The topological polar surface area (TPSA) is 230 Å². The molecule has 64 heavy (non-hydrogen) atoms. The van der Waals surface area contributed by atoms with E-state index in [-0.39, 0.29) is 61.8 Å². The highest BCUT2D eigenvalue weighted by Crippen LogP contribution is 2.75. The average molecular weight is 895 g/mol. The number of carbonyl (C=O) groups excluding carboxylic acids is 1. The van der Waals surface area contributed by atoms with Gasteiger partial charge < -0.3 is 62.2 Å². The quantitative estimate of drug-likeness (QED) is 0.113. The zero-order valence-corrected chi connectivity index (χ0v) is 39.4. The van der Waals surface area contributed by atoms with Crippen LogP contribution in [0.1, 0.15) is 125 Å². The number of dihydropyridines is 1. The van der Waals surface area contributed by atoms with Crippen molar-refractivity contribution in [1.29, 1.82) is 0 Å². The van der Waals surface area contributed by atoms with E-state index in [1.165, 1.54) is 12.8 Å². The molecule has 0 aromatic heterocycles. The summed E-state index contributed by atoms with van der Waals surface area (Å²) in [6.07, 6.45) is 12.6. The largest absolute Gasteiger partial charge is 0.396 e. The summed E-state index contributed by atoms with van der Waals surface area (Å²) in [6.45, 7) is 10.3. The first kappa shape index (κ1) is 48.3. The fourth-order valence-electron chi connectivity index (χ4n) is 16.0. The number of hydrogen-bond acceptors (Lipinski definition) is 13. The molecule has 0 amide bonds. The molecule has 2 aliphatic heterocycles. The molecule has 19 atom stereocenters. The summed E-state index contributed by atoms with van der Waals surface area (Å²) in [5.41, 5.74) is 2.97. The molecule has 8 aliphatic rings. The maximum Gasteiger partial charge on any atom is 0.182 e. The average Bonchev–Trinajstić information content (AvgIpc) is 3.55. The Morgan fingerprint density at radius 1 is 1.09 bits per heavy atom. The molecule has 12 N–H and O–H groups in total. The lowest BCUT2D eigenvalue weighted by Gasteiger charge is -2.67. The summed E-state index contributed by atoms with van der Waals surface area (Å²) in [5, 5.41) is 93.9. The Bertz CT molecular complexity index is 1870. The normalized spacial score (nSPS) is 45.9. The summed E-state index contributed by atoms with van der Waals surface area (Å²) in [5.74, 6) is -1.33. The second kappa shape index (κ2) is 18.1. The monoisotopic (exact) mass is 895 g/mol. The molecule has 13 heteroatoms. The summed E-state index contributed by atoms with van der Waals surface area (Å²) in [4.78, 5) is 15.6. The van der Waals surface area contributed by atoms with Gasteiger partial charge in [0.2, 0.25) is 0 Å². The SMILES string of the molecule is CCCC1CCC2OC(C(O)C(C)(O)C3CCC4(O)C5=C(NCC(C)O)C(=O)C6CC(O)C(O)CC67CC(C6=C(CCCO)NC(N)C=C6)C=CC(CNC)(CC34C)C57)C(C)C2CC1. The standard InChI is InChI=1S/C51H82N4O9/c1-7-9-30-11-13-32-29(3)44(64-38(32)15-12-30)46(61)48(5,62)39-18-20-51(63)41-42(54-25-28(2)57)43(60)34-22-36(58)37(59)24-50(34)23-31(33-14-16-40(52)55-35(33)10-8-21-56)17-19-49(27-53-6,45(41)50)26-47(39,51)4/h14,16-17,19,28-32,34,36-40,44-46,53-59,61-63H,7-13,15,18,20-27,52H2,1-6H3. The van der Waals surface area contributed by atoms with E-state index in [1.54, 1.807) is 13.8 Å². The molecule has 0 aromatic rings. The van der Waals surface area contributed by atoms with E-state index in [4.69, 9.17) is 10.5 Å². The van der Waals surface area contributed by atoms with Gasteiger partial charge in [-0.15, -0.1) is 0 Å². The smallest absolute Gasteiger partial charge is 0.182 e. The molecular formula is C51H82N4O9. The predicted octanol–water partition coefficient (Wildman–Crippen LogP) is 3.45.